The first-order valence-electron chi connectivity index (χ1n) is 4.89. The van der Waals surface area contributed by atoms with Gasteiger partial charge < -0.3 is 0 Å². The van der Waals surface area contributed by atoms with E-state index >= 15 is 0 Å². The number of hydrogen-bond acceptors (Lipinski definition) is 2. The van der Waals surface area contributed by atoms with E-state index in [-0.39, 0.29) is 0 Å². The van der Waals surface area contributed by atoms with Gasteiger partial charge in [0.15, 0.2) is 0 Å². The van der Waals surface area contributed by atoms with Crippen molar-refractivity contribution >= 4 is 11.8 Å². The van der Waals surface area contributed by atoms with Crippen LogP contribution in [0.4, 0.5) is 0 Å². The van der Waals surface area contributed by atoms with E-state index in [0.717, 1.165) is 24.4 Å². The number of allylic oxidation sites excluding steroid dienone is 1. The minimum absolute atomic E-state index is 0.796. The molecule has 2 nitrogen and oxygen atoms in total. The van der Waals surface area contributed by atoms with Crippen molar-refractivity contribution in [3.63, 3.8) is 0 Å². The van der Waals surface area contributed by atoms with Gasteiger partial charge in [0, 0.05) is 18.3 Å². The first kappa shape index (κ1) is 9.13. The van der Waals surface area contributed by atoms with E-state index in [0.29, 0.717) is 0 Å². The molecule has 72 valence electrons. The van der Waals surface area contributed by atoms with Gasteiger partial charge in [0.05, 0.1) is 12.2 Å². The number of rotatable bonds is 1. The van der Waals surface area contributed by atoms with Crippen LogP contribution in [0.1, 0.15) is 23.4 Å². The van der Waals surface area contributed by atoms with Crippen molar-refractivity contribution in [1.82, 2.24) is 4.98 Å². The Hall–Kier alpha value is -1.44. The predicted octanol–water partition coefficient (Wildman–Crippen LogP) is 2.56. The number of nitrogens with zero attached hydrogens (tertiary/aromatic N) is 2. The quantitative estimate of drug-likeness (QED) is 0.661. The third kappa shape index (κ3) is 1.90. The smallest absolute Gasteiger partial charge is 0.0668 e. The van der Waals surface area contributed by atoms with Crippen molar-refractivity contribution in [2.45, 2.75) is 20.3 Å². The van der Waals surface area contributed by atoms with E-state index in [1.165, 1.54) is 11.1 Å². The molecule has 2 rings (SSSR count). The monoisotopic (exact) mass is 186 g/mol. The summed E-state index contributed by atoms with van der Waals surface area (Å²) in [7, 11) is 0. The molecule has 0 bridgehead atoms. The summed E-state index contributed by atoms with van der Waals surface area (Å²) in [6.07, 6.45) is 5.03. The molecule has 0 atom stereocenters. The largest absolute Gasteiger partial charge is 0.293 e. The minimum Gasteiger partial charge on any atom is -0.293 e. The van der Waals surface area contributed by atoms with Crippen LogP contribution in [0.25, 0.3) is 5.57 Å². The zero-order valence-corrected chi connectivity index (χ0v) is 8.62. The van der Waals surface area contributed by atoms with Crippen molar-refractivity contribution < 1.29 is 0 Å². The molecule has 1 aromatic rings. The van der Waals surface area contributed by atoms with Crippen LogP contribution < -0.4 is 0 Å². The lowest BCUT2D eigenvalue weighted by Crippen LogP contribution is -1.98. The number of hydrogen-bond donors (Lipinski definition) is 0. The van der Waals surface area contributed by atoms with Crippen LogP contribution in [0.15, 0.2) is 23.2 Å². The molecule has 0 saturated heterocycles. The molecule has 0 aromatic carbocycles. The van der Waals surface area contributed by atoms with E-state index in [4.69, 9.17) is 0 Å². The Bertz CT molecular complexity index is 383. The van der Waals surface area contributed by atoms with Crippen LogP contribution in [-0.4, -0.2) is 17.7 Å². The van der Waals surface area contributed by atoms with Crippen molar-refractivity contribution in [1.29, 1.82) is 0 Å². The van der Waals surface area contributed by atoms with Crippen molar-refractivity contribution in [3.8, 4) is 0 Å². The first-order chi connectivity index (χ1) is 6.75. The topological polar surface area (TPSA) is 25.2 Å². The van der Waals surface area contributed by atoms with Crippen LogP contribution in [0.5, 0.6) is 0 Å². The molecule has 1 aliphatic rings. The highest BCUT2D eigenvalue weighted by Gasteiger charge is 2.05. The predicted molar refractivity (Wildman–Crippen MR) is 59.7 cm³/mol. The molecule has 0 spiro atoms. The van der Waals surface area contributed by atoms with Crippen LogP contribution in [0, 0.1) is 13.8 Å². The van der Waals surface area contributed by atoms with Gasteiger partial charge in [-0.25, -0.2) is 0 Å². The molecule has 2 heteroatoms. The Kier molecular flexibility index (Phi) is 2.44. The Morgan fingerprint density at radius 2 is 2.07 bits per heavy atom. The molecule has 0 radical (unpaired) electrons. The zero-order valence-electron chi connectivity index (χ0n) is 8.62. The highest BCUT2D eigenvalue weighted by atomic mass is 14.7. The van der Waals surface area contributed by atoms with Gasteiger partial charge in [-0.1, -0.05) is 6.08 Å². The second-order valence-electron chi connectivity index (χ2n) is 3.65. The lowest BCUT2D eigenvalue weighted by molar-refractivity contribution is 1.12. The Morgan fingerprint density at radius 3 is 2.71 bits per heavy atom. The third-order valence-electron chi connectivity index (χ3n) is 2.31. The Labute approximate surface area is 84.4 Å². The van der Waals surface area contributed by atoms with Crippen LogP contribution >= 0.6 is 0 Å². The summed E-state index contributed by atoms with van der Waals surface area (Å²) in [4.78, 5) is 8.70. The van der Waals surface area contributed by atoms with Gasteiger partial charge in [-0.15, -0.1) is 0 Å². The normalized spacial score (nSPS) is 15.4. The van der Waals surface area contributed by atoms with Crippen molar-refractivity contribution in [2.75, 3.05) is 6.54 Å². The fourth-order valence-electron chi connectivity index (χ4n) is 1.70. The maximum absolute atomic E-state index is 4.53. The van der Waals surface area contributed by atoms with Crippen LogP contribution in [0.3, 0.4) is 0 Å². The van der Waals surface area contributed by atoms with E-state index < -0.39 is 0 Å². The zero-order chi connectivity index (χ0) is 9.97. The molecule has 2 heterocycles. The maximum atomic E-state index is 4.53. The van der Waals surface area contributed by atoms with Gasteiger partial charge >= 0.3 is 0 Å². The molecule has 0 amide bonds. The summed E-state index contributed by atoms with van der Waals surface area (Å²) >= 11 is 0. The SMILES string of the molecule is Cc1cc(C)nc(C2=CCN=CC2)c1. The molecule has 1 aromatic heterocycles. The second kappa shape index (κ2) is 3.74. The fourth-order valence-corrected chi connectivity index (χ4v) is 1.70. The van der Waals surface area contributed by atoms with Gasteiger partial charge in [-0.2, -0.15) is 0 Å². The number of aryl methyl sites for hydroxylation is 2. The van der Waals surface area contributed by atoms with E-state index in [1.807, 2.05) is 13.1 Å². The van der Waals surface area contributed by atoms with Gasteiger partial charge in [0.2, 0.25) is 0 Å². The molecular weight excluding hydrogens is 172 g/mol. The van der Waals surface area contributed by atoms with Crippen molar-refractivity contribution in [2.24, 2.45) is 4.99 Å². The average Bonchev–Trinajstić information content (AvgIpc) is 2.18. The van der Waals surface area contributed by atoms with E-state index in [1.54, 1.807) is 0 Å². The highest BCUT2D eigenvalue weighted by Crippen LogP contribution is 2.18. The average molecular weight is 186 g/mol. The Morgan fingerprint density at radius 1 is 1.21 bits per heavy atom. The molecule has 1 aliphatic heterocycles. The van der Waals surface area contributed by atoms with Gasteiger partial charge in [0.1, 0.15) is 0 Å². The van der Waals surface area contributed by atoms with E-state index in [9.17, 15) is 0 Å². The van der Waals surface area contributed by atoms with Crippen molar-refractivity contribution in [3.05, 3.63) is 35.2 Å². The third-order valence-corrected chi connectivity index (χ3v) is 2.31. The molecule has 0 saturated carbocycles. The fraction of sp³-hybridized carbons (Fsp3) is 0.333. The lowest BCUT2D eigenvalue weighted by Gasteiger charge is -2.09. The van der Waals surface area contributed by atoms with E-state index in [2.05, 4.69) is 35.1 Å². The van der Waals surface area contributed by atoms with Crippen LogP contribution in [0.2, 0.25) is 0 Å². The van der Waals surface area contributed by atoms with Crippen LogP contribution in [-0.2, 0) is 0 Å². The summed E-state index contributed by atoms with van der Waals surface area (Å²) in [5, 5.41) is 0. The number of pyridine rings is 1. The first-order valence-corrected chi connectivity index (χ1v) is 4.89. The Balaban J connectivity index is 2.36. The van der Waals surface area contributed by atoms with Gasteiger partial charge in [0.25, 0.3) is 0 Å². The summed E-state index contributed by atoms with van der Waals surface area (Å²) in [6.45, 7) is 4.94. The number of dihydropyridines is 1. The summed E-state index contributed by atoms with van der Waals surface area (Å²) in [5.74, 6) is 0. The molecule has 14 heavy (non-hydrogen) atoms. The molecule has 0 unspecified atom stereocenters. The molecular formula is C12H14N2. The maximum Gasteiger partial charge on any atom is 0.0668 e. The number of aliphatic imine (C=N–C) groups is 1. The summed E-state index contributed by atoms with van der Waals surface area (Å²) in [6, 6.07) is 4.24. The second-order valence-corrected chi connectivity index (χ2v) is 3.65. The molecule has 0 N–H and O–H groups in total. The lowest BCUT2D eigenvalue weighted by atomic mass is 10.0. The number of aromatic nitrogens is 1. The van der Waals surface area contributed by atoms with Gasteiger partial charge in [-0.05, 0) is 37.1 Å². The van der Waals surface area contributed by atoms with Gasteiger partial charge in [-0.3, -0.25) is 9.98 Å². The minimum atomic E-state index is 0.796. The standard InChI is InChI=1S/C12H14N2/c1-9-7-10(2)14-12(8-9)11-3-5-13-6-4-11/h3,6-8H,4-5H2,1-2H3. The molecule has 0 fully saturated rings. The summed E-state index contributed by atoms with van der Waals surface area (Å²) < 4.78 is 0. The molecule has 0 aliphatic carbocycles. The summed E-state index contributed by atoms with van der Waals surface area (Å²) in [5.41, 5.74) is 4.76. The highest BCUT2D eigenvalue weighted by molar-refractivity contribution is 5.80.